The van der Waals surface area contributed by atoms with E-state index in [9.17, 15) is 9.59 Å². The zero-order valence-electron chi connectivity index (χ0n) is 14.4. The van der Waals surface area contributed by atoms with Gasteiger partial charge in [-0.1, -0.05) is 19.1 Å². The molecule has 1 heterocycles. The lowest BCUT2D eigenvalue weighted by Gasteiger charge is -2.21. The molecule has 0 aliphatic rings. The number of aryl methyl sites for hydroxylation is 1. The van der Waals surface area contributed by atoms with Gasteiger partial charge in [0.1, 0.15) is 5.75 Å². The van der Waals surface area contributed by atoms with Crippen LogP contribution in [-0.2, 0) is 17.8 Å². The maximum atomic E-state index is 12.5. The van der Waals surface area contributed by atoms with Crippen molar-refractivity contribution in [3.8, 4) is 5.75 Å². The van der Waals surface area contributed by atoms with Gasteiger partial charge in [-0.05, 0) is 32.4 Å². The first-order valence-corrected chi connectivity index (χ1v) is 8.74. The molecule has 1 aromatic carbocycles. The lowest BCUT2D eigenvalue weighted by Crippen LogP contribution is -2.37. The van der Waals surface area contributed by atoms with E-state index >= 15 is 0 Å². The van der Waals surface area contributed by atoms with Gasteiger partial charge in [-0.2, -0.15) is 0 Å². The average Bonchev–Trinajstić information content (AvgIpc) is 3.01. The third-order valence-corrected chi connectivity index (χ3v) is 4.62. The number of Topliss-reactive ketones (excluding diaryl/α,β-unsaturated/α-hetero) is 1. The minimum atomic E-state index is -0.638. The smallest absolute Gasteiger partial charge is 0.263 e. The first-order valence-electron chi connectivity index (χ1n) is 7.86. The molecule has 0 aliphatic carbocycles. The molecule has 0 saturated carbocycles. The SMILES string of the molecule is CCc1nc(CN(C)C(=O)C(C)Oc2cccc(C(C)=O)c2)cs1. The third kappa shape index (κ3) is 4.64. The summed E-state index contributed by atoms with van der Waals surface area (Å²) in [5, 5.41) is 3.04. The van der Waals surface area contributed by atoms with E-state index in [4.69, 9.17) is 4.74 Å². The predicted octanol–water partition coefficient (Wildman–Crippen LogP) is 3.33. The molecule has 0 aliphatic heterocycles. The third-order valence-electron chi connectivity index (χ3n) is 3.58. The standard InChI is InChI=1S/C18H22N2O3S/c1-5-17-19-15(11-24-17)10-20(4)18(22)13(3)23-16-8-6-7-14(9-16)12(2)21/h6-9,11,13H,5,10H2,1-4H3. The molecule has 2 aromatic rings. The van der Waals surface area contributed by atoms with E-state index in [0.717, 1.165) is 17.1 Å². The van der Waals surface area contributed by atoms with Crippen LogP contribution in [0.4, 0.5) is 0 Å². The molecular formula is C18H22N2O3S. The molecule has 0 spiro atoms. The van der Waals surface area contributed by atoms with Crippen LogP contribution < -0.4 is 4.74 Å². The van der Waals surface area contributed by atoms with Crippen LogP contribution in [0.1, 0.15) is 41.8 Å². The molecular weight excluding hydrogens is 324 g/mol. The van der Waals surface area contributed by atoms with E-state index in [2.05, 4.69) is 11.9 Å². The number of ether oxygens (including phenoxy) is 1. The zero-order chi connectivity index (χ0) is 17.7. The van der Waals surface area contributed by atoms with Crippen molar-refractivity contribution in [2.45, 2.75) is 39.8 Å². The lowest BCUT2D eigenvalue weighted by atomic mass is 10.1. The van der Waals surface area contributed by atoms with Crippen LogP contribution in [0.5, 0.6) is 5.75 Å². The number of thiazole rings is 1. The van der Waals surface area contributed by atoms with Gasteiger partial charge in [0.2, 0.25) is 0 Å². The minimum absolute atomic E-state index is 0.0354. The molecule has 0 fully saturated rings. The number of carbonyl (C=O) groups excluding carboxylic acids is 2. The molecule has 0 saturated heterocycles. The molecule has 0 N–H and O–H groups in total. The Morgan fingerprint density at radius 2 is 2.12 bits per heavy atom. The first kappa shape index (κ1) is 18.1. The molecule has 2 rings (SSSR count). The van der Waals surface area contributed by atoms with Crippen LogP contribution in [0.15, 0.2) is 29.6 Å². The van der Waals surface area contributed by atoms with Gasteiger partial charge in [0.25, 0.3) is 5.91 Å². The topological polar surface area (TPSA) is 59.5 Å². The Morgan fingerprint density at radius 1 is 1.38 bits per heavy atom. The highest BCUT2D eigenvalue weighted by atomic mass is 32.1. The van der Waals surface area contributed by atoms with Crippen LogP contribution in [-0.4, -0.2) is 34.7 Å². The Morgan fingerprint density at radius 3 is 2.75 bits per heavy atom. The second-order valence-corrected chi connectivity index (χ2v) is 6.57. The number of rotatable bonds is 7. The van der Waals surface area contributed by atoms with Gasteiger partial charge < -0.3 is 9.64 Å². The number of benzene rings is 1. The number of aromatic nitrogens is 1. The van der Waals surface area contributed by atoms with Crippen LogP contribution >= 0.6 is 11.3 Å². The van der Waals surface area contributed by atoms with E-state index in [1.54, 1.807) is 54.5 Å². The molecule has 5 nitrogen and oxygen atoms in total. The molecule has 1 aromatic heterocycles. The number of hydrogen-bond acceptors (Lipinski definition) is 5. The van der Waals surface area contributed by atoms with Crippen molar-refractivity contribution in [2.24, 2.45) is 0 Å². The number of nitrogens with zero attached hydrogens (tertiary/aromatic N) is 2. The van der Waals surface area contributed by atoms with Crippen LogP contribution in [0.3, 0.4) is 0 Å². The quantitative estimate of drug-likeness (QED) is 0.722. The summed E-state index contributed by atoms with van der Waals surface area (Å²) in [5.41, 5.74) is 1.45. The van der Waals surface area contributed by atoms with Gasteiger partial charge in [0.15, 0.2) is 11.9 Å². The van der Waals surface area contributed by atoms with Gasteiger partial charge in [-0.3, -0.25) is 9.59 Å². The molecule has 0 radical (unpaired) electrons. The van der Waals surface area contributed by atoms with Crippen LogP contribution in [0.25, 0.3) is 0 Å². The van der Waals surface area contributed by atoms with E-state index in [1.165, 1.54) is 6.92 Å². The Bertz CT molecular complexity index is 727. The summed E-state index contributed by atoms with van der Waals surface area (Å²) in [4.78, 5) is 30.0. The Balaban J connectivity index is 1.98. The highest BCUT2D eigenvalue weighted by Crippen LogP contribution is 2.17. The van der Waals surface area contributed by atoms with Gasteiger partial charge in [0, 0.05) is 18.0 Å². The summed E-state index contributed by atoms with van der Waals surface area (Å²) < 4.78 is 5.69. The number of amides is 1. The van der Waals surface area contributed by atoms with Gasteiger partial charge >= 0.3 is 0 Å². The van der Waals surface area contributed by atoms with E-state index in [0.29, 0.717) is 17.9 Å². The van der Waals surface area contributed by atoms with Gasteiger partial charge in [-0.25, -0.2) is 4.98 Å². The fraction of sp³-hybridized carbons (Fsp3) is 0.389. The Kier molecular flexibility index (Phi) is 6.09. The molecule has 1 amide bonds. The Labute approximate surface area is 146 Å². The summed E-state index contributed by atoms with van der Waals surface area (Å²) in [7, 11) is 1.74. The fourth-order valence-corrected chi connectivity index (χ4v) is 2.99. The molecule has 0 bridgehead atoms. The van der Waals surface area contributed by atoms with E-state index in [1.807, 2.05) is 5.38 Å². The molecule has 6 heteroatoms. The normalized spacial score (nSPS) is 11.8. The fourth-order valence-electron chi connectivity index (χ4n) is 2.26. The van der Waals surface area contributed by atoms with Crippen molar-refractivity contribution in [1.29, 1.82) is 0 Å². The number of hydrogen-bond donors (Lipinski definition) is 0. The van der Waals surface area contributed by atoms with Crippen molar-refractivity contribution in [3.63, 3.8) is 0 Å². The van der Waals surface area contributed by atoms with Gasteiger partial charge in [-0.15, -0.1) is 11.3 Å². The maximum absolute atomic E-state index is 12.5. The van der Waals surface area contributed by atoms with Crippen molar-refractivity contribution in [1.82, 2.24) is 9.88 Å². The van der Waals surface area contributed by atoms with Crippen molar-refractivity contribution in [2.75, 3.05) is 7.05 Å². The van der Waals surface area contributed by atoms with Crippen molar-refractivity contribution in [3.05, 3.63) is 45.9 Å². The number of ketones is 1. The van der Waals surface area contributed by atoms with Crippen LogP contribution in [0.2, 0.25) is 0 Å². The highest BCUT2D eigenvalue weighted by molar-refractivity contribution is 7.09. The van der Waals surface area contributed by atoms with Crippen molar-refractivity contribution >= 4 is 23.0 Å². The monoisotopic (exact) mass is 346 g/mol. The lowest BCUT2D eigenvalue weighted by molar-refractivity contribution is -0.137. The summed E-state index contributed by atoms with van der Waals surface area (Å²) in [6, 6.07) is 6.86. The predicted molar refractivity (Wildman–Crippen MR) is 94.5 cm³/mol. The Hall–Kier alpha value is -2.21. The molecule has 24 heavy (non-hydrogen) atoms. The maximum Gasteiger partial charge on any atom is 0.263 e. The van der Waals surface area contributed by atoms with E-state index < -0.39 is 6.10 Å². The minimum Gasteiger partial charge on any atom is -0.481 e. The second kappa shape index (κ2) is 8.06. The largest absolute Gasteiger partial charge is 0.481 e. The summed E-state index contributed by atoms with van der Waals surface area (Å²) in [6.07, 6.45) is 0.260. The summed E-state index contributed by atoms with van der Waals surface area (Å²) in [6.45, 7) is 5.72. The highest BCUT2D eigenvalue weighted by Gasteiger charge is 2.20. The molecule has 1 unspecified atom stereocenters. The summed E-state index contributed by atoms with van der Waals surface area (Å²) in [5.74, 6) is 0.347. The van der Waals surface area contributed by atoms with E-state index in [-0.39, 0.29) is 11.7 Å². The van der Waals surface area contributed by atoms with Crippen LogP contribution in [0, 0.1) is 0 Å². The number of likely N-dealkylation sites (N-methyl/N-ethyl adjacent to an activating group) is 1. The number of carbonyl (C=O) groups is 2. The van der Waals surface area contributed by atoms with Gasteiger partial charge in [0.05, 0.1) is 17.2 Å². The second-order valence-electron chi connectivity index (χ2n) is 5.62. The average molecular weight is 346 g/mol. The molecule has 128 valence electrons. The first-order chi connectivity index (χ1) is 11.4. The molecule has 1 atom stereocenters. The summed E-state index contributed by atoms with van der Waals surface area (Å²) >= 11 is 1.61. The zero-order valence-corrected chi connectivity index (χ0v) is 15.2. The van der Waals surface area contributed by atoms with Crippen molar-refractivity contribution < 1.29 is 14.3 Å².